The first kappa shape index (κ1) is 19.6. The van der Waals surface area contributed by atoms with Gasteiger partial charge in [-0.15, -0.1) is 22.7 Å². The smallest absolute Gasteiger partial charge is 0.271 e. The molecule has 6 nitrogen and oxygen atoms in total. The van der Waals surface area contributed by atoms with Crippen molar-refractivity contribution in [2.24, 2.45) is 0 Å². The molecule has 1 amide bonds. The van der Waals surface area contributed by atoms with E-state index in [1.807, 2.05) is 24.3 Å². The number of rotatable bonds is 6. The molecule has 0 spiro atoms. The van der Waals surface area contributed by atoms with Crippen LogP contribution in [-0.2, 0) is 16.6 Å². The SMILES string of the molecule is CN(Cc1nc2ccccc2s1)C(=O)c1ccc(NS(=O)(=O)c2cccs2)cc1. The van der Waals surface area contributed by atoms with Crippen LogP contribution in [0.4, 0.5) is 5.69 Å². The second-order valence-electron chi connectivity index (χ2n) is 6.35. The average Bonchev–Trinajstić information content (AvgIpc) is 3.37. The van der Waals surface area contributed by atoms with Gasteiger partial charge in [-0.1, -0.05) is 18.2 Å². The summed E-state index contributed by atoms with van der Waals surface area (Å²) in [5, 5.41) is 2.57. The fourth-order valence-electron chi connectivity index (χ4n) is 2.79. The van der Waals surface area contributed by atoms with Crippen molar-refractivity contribution in [2.75, 3.05) is 11.8 Å². The van der Waals surface area contributed by atoms with Crippen LogP contribution >= 0.6 is 22.7 Å². The zero-order valence-corrected chi connectivity index (χ0v) is 17.9. The van der Waals surface area contributed by atoms with E-state index in [0.717, 1.165) is 26.6 Å². The van der Waals surface area contributed by atoms with Gasteiger partial charge >= 0.3 is 0 Å². The third kappa shape index (κ3) is 4.31. The maximum Gasteiger partial charge on any atom is 0.271 e. The number of fused-ring (bicyclic) bond motifs is 1. The van der Waals surface area contributed by atoms with E-state index < -0.39 is 10.0 Å². The summed E-state index contributed by atoms with van der Waals surface area (Å²) in [6.07, 6.45) is 0. The summed E-state index contributed by atoms with van der Waals surface area (Å²) < 4.78 is 28.4. The van der Waals surface area contributed by atoms with Crippen molar-refractivity contribution >= 4 is 54.5 Å². The van der Waals surface area contributed by atoms with Gasteiger partial charge in [0.1, 0.15) is 9.22 Å². The van der Waals surface area contributed by atoms with Gasteiger partial charge in [-0.25, -0.2) is 13.4 Å². The van der Waals surface area contributed by atoms with Crippen molar-refractivity contribution in [2.45, 2.75) is 10.8 Å². The van der Waals surface area contributed by atoms with Crippen LogP contribution in [0.15, 0.2) is 70.3 Å². The molecule has 4 aromatic rings. The van der Waals surface area contributed by atoms with Gasteiger partial charge in [0.25, 0.3) is 15.9 Å². The summed E-state index contributed by atoms with van der Waals surface area (Å²) in [5.41, 5.74) is 1.81. The lowest BCUT2D eigenvalue weighted by Crippen LogP contribution is -2.26. The number of amides is 1. The minimum Gasteiger partial charge on any atom is -0.335 e. The van der Waals surface area contributed by atoms with Crippen molar-refractivity contribution in [3.8, 4) is 0 Å². The molecule has 0 bridgehead atoms. The highest BCUT2D eigenvalue weighted by Gasteiger charge is 2.17. The van der Waals surface area contributed by atoms with Crippen LogP contribution in [0.25, 0.3) is 10.2 Å². The second-order valence-corrected chi connectivity index (χ2v) is 10.3. The van der Waals surface area contributed by atoms with Crippen LogP contribution in [0.1, 0.15) is 15.4 Å². The van der Waals surface area contributed by atoms with Crippen molar-refractivity contribution in [3.63, 3.8) is 0 Å². The van der Waals surface area contributed by atoms with E-state index in [-0.39, 0.29) is 10.1 Å². The Morgan fingerprint density at radius 2 is 1.83 bits per heavy atom. The Kier molecular flexibility index (Phi) is 5.35. The molecule has 4 rings (SSSR count). The second kappa shape index (κ2) is 7.94. The first-order chi connectivity index (χ1) is 13.9. The van der Waals surface area contributed by atoms with E-state index in [0.29, 0.717) is 17.8 Å². The number of para-hydroxylation sites is 1. The lowest BCUT2D eigenvalue weighted by atomic mass is 10.2. The molecular weight excluding hydrogens is 426 g/mol. The summed E-state index contributed by atoms with van der Waals surface area (Å²) in [6, 6.07) is 17.5. The number of nitrogens with one attached hydrogen (secondary N) is 1. The Labute approximate surface area is 176 Å². The molecule has 2 aromatic heterocycles. The molecule has 9 heteroatoms. The van der Waals surface area contributed by atoms with Gasteiger partial charge in [-0.2, -0.15) is 0 Å². The van der Waals surface area contributed by atoms with Crippen LogP contribution < -0.4 is 4.72 Å². The number of thiazole rings is 1. The Morgan fingerprint density at radius 3 is 2.52 bits per heavy atom. The molecule has 2 heterocycles. The van der Waals surface area contributed by atoms with Crippen LogP contribution in [-0.4, -0.2) is 31.3 Å². The number of carbonyl (C=O) groups is 1. The number of aromatic nitrogens is 1. The fraction of sp³-hybridized carbons (Fsp3) is 0.100. The summed E-state index contributed by atoms with van der Waals surface area (Å²) in [4.78, 5) is 18.9. The molecule has 0 fully saturated rings. The first-order valence-electron chi connectivity index (χ1n) is 8.69. The first-order valence-corrected chi connectivity index (χ1v) is 11.9. The van der Waals surface area contributed by atoms with E-state index >= 15 is 0 Å². The number of sulfonamides is 1. The van der Waals surface area contributed by atoms with E-state index in [4.69, 9.17) is 0 Å². The highest BCUT2D eigenvalue weighted by molar-refractivity contribution is 7.94. The maximum absolute atomic E-state index is 12.7. The molecular formula is C20H17N3O3S3. The molecule has 0 aliphatic carbocycles. The number of nitrogens with zero attached hydrogens (tertiary/aromatic N) is 2. The van der Waals surface area contributed by atoms with E-state index in [2.05, 4.69) is 9.71 Å². The van der Waals surface area contributed by atoms with Gasteiger partial charge in [0.2, 0.25) is 0 Å². The number of hydrogen-bond acceptors (Lipinski definition) is 6. The molecule has 2 aromatic carbocycles. The third-order valence-corrected chi connectivity index (χ3v) is 8.00. The largest absolute Gasteiger partial charge is 0.335 e. The molecule has 0 aliphatic heterocycles. The Bertz CT molecular complexity index is 1210. The summed E-state index contributed by atoms with van der Waals surface area (Å²) in [7, 11) is -1.88. The summed E-state index contributed by atoms with van der Waals surface area (Å²) in [6.45, 7) is 0.408. The predicted molar refractivity (Wildman–Crippen MR) is 117 cm³/mol. The van der Waals surface area contributed by atoms with E-state index in [1.54, 1.807) is 65.1 Å². The van der Waals surface area contributed by atoms with Gasteiger partial charge in [0, 0.05) is 18.3 Å². The average molecular weight is 444 g/mol. The van der Waals surface area contributed by atoms with Crippen LogP contribution in [0, 0.1) is 0 Å². The van der Waals surface area contributed by atoms with Gasteiger partial charge in [0.05, 0.1) is 16.8 Å². The number of anilines is 1. The van der Waals surface area contributed by atoms with Gasteiger partial charge in [-0.05, 0) is 47.8 Å². The molecule has 0 radical (unpaired) electrons. The predicted octanol–water partition coefficient (Wildman–Crippen LogP) is 4.43. The van der Waals surface area contributed by atoms with Crippen molar-refractivity contribution in [1.82, 2.24) is 9.88 Å². The van der Waals surface area contributed by atoms with E-state index in [9.17, 15) is 13.2 Å². The lowest BCUT2D eigenvalue weighted by Gasteiger charge is -2.16. The third-order valence-electron chi connectivity index (χ3n) is 4.20. The number of thiophene rings is 1. The molecule has 29 heavy (non-hydrogen) atoms. The molecule has 148 valence electrons. The molecule has 0 atom stereocenters. The summed E-state index contributed by atoms with van der Waals surface area (Å²) in [5.74, 6) is -0.156. The molecule has 1 N–H and O–H groups in total. The monoisotopic (exact) mass is 443 g/mol. The van der Waals surface area contributed by atoms with Crippen LogP contribution in [0.3, 0.4) is 0 Å². The highest BCUT2D eigenvalue weighted by Crippen LogP contribution is 2.23. The molecule has 0 aliphatic rings. The molecule has 0 saturated carbocycles. The number of hydrogen-bond donors (Lipinski definition) is 1. The number of carbonyl (C=O) groups excluding carboxylic acids is 1. The fourth-order valence-corrected chi connectivity index (χ4v) is 5.86. The quantitative estimate of drug-likeness (QED) is 0.478. The van der Waals surface area contributed by atoms with Crippen molar-refractivity contribution < 1.29 is 13.2 Å². The molecule has 0 unspecified atom stereocenters. The van der Waals surface area contributed by atoms with Crippen molar-refractivity contribution in [1.29, 1.82) is 0 Å². The minimum absolute atomic E-state index is 0.156. The topological polar surface area (TPSA) is 79.4 Å². The standard InChI is InChI=1S/C20H17N3O3S3/c1-23(13-18-21-16-5-2-3-6-17(16)28-18)20(24)14-8-10-15(11-9-14)22-29(25,26)19-7-4-12-27-19/h2-12,22H,13H2,1H3. The normalized spacial score (nSPS) is 11.5. The van der Waals surface area contributed by atoms with Gasteiger partial charge in [-0.3, -0.25) is 9.52 Å². The van der Waals surface area contributed by atoms with Crippen molar-refractivity contribution in [3.05, 3.63) is 76.6 Å². The van der Waals surface area contributed by atoms with Crippen LogP contribution in [0.5, 0.6) is 0 Å². The van der Waals surface area contributed by atoms with Crippen LogP contribution in [0.2, 0.25) is 0 Å². The van der Waals surface area contributed by atoms with Gasteiger partial charge in [0.15, 0.2) is 0 Å². The molecule has 0 saturated heterocycles. The Morgan fingerprint density at radius 1 is 1.07 bits per heavy atom. The maximum atomic E-state index is 12.7. The summed E-state index contributed by atoms with van der Waals surface area (Å²) >= 11 is 2.71. The van der Waals surface area contributed by atoms with Gasteiger partial charge < -0.3 is 4.90 Å². The zero-order valence-electron chi connectivity index (χ0n) is 15.4. The Balaban J connectivity index is 1.44. The number of benzene rings is 2. The highest BCUT2D eigenvalue weighted by atomic mass is 32.2. The minimum atomic E-state index is -3.61. The zero-order chi connectivity index (χ0) is 20.4. The lowest BCUT2D eigenvalue weighted by molar-refractivity contribution is 0.0785. The Hall–Kier alpha value is -2.75. The van der Waals surface area contributed by atoms with E-state index in [1.165, 1.54) is 0 Å².